The van der Waals surface area contributed by atoms with Crippen molar-refractivity contribution in [2.24, 2.45) is 0 Å². The maximum absolute atomic E-state index is 4.58. The molecule has 3 nitrogen and oxygen atoms in total. The molecule has 3 rings (SSSR count). The molecule has 2 aliphatic heterocycles. The van der Waals surface area contributed by atoms with E-state index in [4.69, 9.17) is 0 Å². The second-order valence-electron chi connectivity index (χ2n) is 5.85. The van der Waals surface area contributed by atoms with Crippen molar-refractivity contribution in [3.63, 3.8) is 0 Å². The number of fused-ring (bicyclic) bond motifs is 2. The zero-order valence-electron chi connectivity index (χ0n) is 12.0. The zero-order chi connectivity index (χ0) is 13.2. The Hall–Kier alpha value is -0.450. The second-order valence-corrected chi connectivity index (χ2v) is 6.78. The normalized spacial score (nSPS) is 32.6. The van der Waals surface area contributed by atoms with E-state index in [0.29, 0.717) is 6.04 Å². The molecular weight excluding hydrogens is 254 g/mol. The maximum atomic E-state index is 4.58. The molecule has 2 aliphatic rings. The number of nitrogens with one attached hydrogen (secondary N) is 1. The summed E-state index contributed by atoms with van der Waals surface area (Å²) in [6.45, 7) is 5.63. The molecule has 3 heterocycles. The number of aromatic nitrogens is 1. The molecule has 2 fully saturated rings. The largest absolute Gasteiger partial charge is 0.314 e. The quantitative estimate of drug-likeness (QED) is 0.897. The fourth-order valence-corrected chi connectivity index (χ4v) is 4.92. The van der Waals surface area contributed by atoms with Crippen LogP contribution in [0.3, 0.4) is 0 Å². The van der Waals surface area contributed by atoms with Crippen LogP contribution in [-0.4, -0.2) is 34.6 Å². The first-order valence-corrected chi connectivity index (χ1v) is 8.61. The highest BCUT2D eigenvalue weighted by Crippen LogP contribution is 2.43. The van der Waals surface area contributed by atoms with Crippen molar-refractivity contribution in [2.45, 2.75) is 70.1 Å². The van der Waals surface area contributed by atoms with E-state index in [1.807, 2.05) is 17.5 Å². The van der Waals surface area contributed by atoms with Gasteiger partial charge in [0.25, 0.3) is 0 Å². The molecule has 19 heavy (non-hydrogen) atoms. The Labute approximate surface area is 120 Å². The molecule has 0 spiro atoms. The van der Waals surface area contributed by atoms with Gasteiger partial charge in [0.2, 0.25) is 0 Å². The van der Waals surface area contributed by atoms with Gasteiger partial charge in [0.1, 0.15) is 5.01 Å². The van der Waals surface area contributed by atoms with Crippen LogP contribution in [0.15, 0.2) is 11.6 Å². The zero-order valence-corrected chi connectivity index (χ0v) is 12.8. The van der Waals surface area contributed by atoms with Crippen LogP contribution in [0, 0.1) is 0 Å². The smallest absolute Gasteiger partial charge is 0.110 e. The molecule has 0 saturated carbocycles. The minimum atomic E-state index is 0.556. The molecule has 1 N–H and O–H groups in total. The van der Waals surface area contributed by atoms with Gasteiger partial charge >= 0.3 is 0 Å². The Kier molecular flexibility index (Phi) is 4.20. The van der Waals surface area contributed by atoms with Crippen molar-refractivity contribution in [1.82, 2.24) is 15.2 Å². The van der Waals surface area contributed by atoms with Crippen molar-refractivity contribution >= 4 is 11.3 Å². The van der Waals surface area contributed by atoms with Crippen LogP contribution in [0.5, 0.6) is 0 Å². The van der Waals surface area contributed by atoms with E-state index in [1.54, 1.807) is 0 Å². The molecule has 1 aromatic heterocycles. The third kappa shape index (κ3) is 2.58. The summed E-state index contributed by atoms with van der Waals surface area (Å²) in [6.07, 6.45) is 8.56. The molecule has 0 aliphatic carbocycles. The first-order valence-electron chi connectivity index (χ1n) is 7.73. The monoisotopic (exact) mass is 279 g/mol. The fourth-order valence-electron chi connectivity index (χ4n) is 4.09. The van der Waals surface area contributed by atoms with Crippen LogP contribution in [-0.2, 0) is 0 Å². The summed E-state index contributed by atoms with van der Waals surface area (Å²) in [4.78, 5) is 7.37. The van der Waals surface area contributed by atoms with Crippen LogP contribution in [0.1, 0.15) is 57.0 Å². The highest BCUT2D eigenvalue weighted by atomic mass is 32.1. The molecule has 0 radical (unpaired) electrons. The molecule has 3 unspecified atom stereocenters. The first kappa shape index (κ1) is 13.5. The van der Waals surface area contributed by atoms with Gasteiger partial charge in [0.15, 0.2) is 0 Å². The highest BCUT2D eigenvalue weighted by molar-refractivity contribution is 7.09. The number of hydrogen-bond donors (Lipinski definition) is 1. The lowest BCUT2D eigenvalue weighted by atomic mass is 9.95. The molecule has 106 valence electrons. The van der Waals surface area contributed by atoms with Crippen LogP contribution in [0.4, 0.5) is 0 Å². The average molecular weight is 279 g/mol. The summed E-state index contributed by atoms with van der Waals surface area (Å²) in [5.74, 6) is 0. The second kappa shape index (κ2) is 5.90. The molecule has 2 bridgehead atoms. The summed E-state index contributed by atoms with van der Waals surface area (Å²) in [5, 5.41) is 7.09. The number of hydrogen-bond acceptors (Lipinski definition) is 4. The number of thiazole rings is 1. The SMILES string of the molecule is CCNC1CC2CCC(C1)N2C(CC)c1nccs1. The minimum Gasteiger partial charge on any atom is -0.314 e. The van der Waals surface area contributed by atoms with Crippen LogP contribution in [0.2, 0.25) is 0 Å². The molecule has 2 saturated heterocycles. The number of rotatable bonds is 5. The van der Waals surface area contributed by atoms with E-state index in [9.17, 15) is 0 Å². The van der Waals surface area contributed by atoms with E-state index >= 15 is 0 Å². The van der Waals surface area contributed by atoms with Gasteiger partial charge in [-0.2, -0.15) is 0 Å². The van der Waals surface area contributed by atoms with Crippen molar-refractivity contribution in [3.05, 3.63) is 16.6 Å². The third-order valence-electron chi connectivity index (χ3n) is 4.77. The van der Waals surface area contributed by atoms with Crippen LogP contribution < -0.4 is 5.32 Å². The maximum Gasteiger partial charge on any atom is 0.110 e. The standard InChI is InChI=1S/C15H25N3S/c1-3-14(15-17-7-8-19-15)18-12-5-6-13(18)10-11(9-12)16-4-2/h7-8,11-14,16H,3-6,9-10H2,1-2H3. The van der Waals surface area contributed by atoms with Gasteiger partial charge in [-0.05, 0) is 38.6 Å². The van der Waals surface area contributed by atoms with Crippen molar-refractivity contribution in [1.29, 1.82) is 0 Å². The Morgan fingerprint density at radius 3 is 2.63 bits per heavy atom. The highest BCUT2D eigenvalue weighted by Gasteiger charge is 2.44. The predicted octanol–water partition coefficient (Wildman–Crippen LogP) is 3.20. The third-order valence-corrected chi connectivity index (χ3v) is 5.64. The van der Waals surface area contributed by atoms with Gasteiger partial charge in [-0.3, -0.25) is 4.90 Å². The molecule has 0 aromatic carbocycles. The minimum absolute atomic E-state index is 0.556. The molecule has 4 heteroatoms. The van der Waals surface area contributed by atoms with Crippen molar-refractivity contribution in [2.75, 3.05) is 6.54 Å². The topological polar surface area (TPSA) is 28.2 Å². The van der Waals surface area contributed by atoms with E-state index in [0.717, 1.165) is 24.7 Å². The number of piperidine rings is 1. The van der Waals surface area contributed by atoms with Gasteiger partial charge in [-0.25, -0.2) is 4.98 Å². The Morgan fingerprint density at radius 1 is 1.37 bits per heavy atom. The lowest BCUT2D eigenvalue weighted by Crippen LogP contribution is -2.50. The summed E-state index contributed by atoms with van der Waals surface area (Å²) in [7, 11) is 0. The molecule has 1 aromatic rings. The first-order chi connectivity index (χ1) is 9.33. The Balaban J connectivity index is 1.75. The van der Waals surface area contributed by atoms with E-state index in [1.165, 1.54) is 37.1 Å². The number of nitrogens with zero attached hydrogens (tertiary/aromatic N) is 2. The average Bonchev–Trinajstić information content (AvgIpc) is 3.00. The van der Waals surface area contributed by atoms with Crippen molar-refractivity contribution in [3.8, 4) is 0 Å². The Bertz CT molecular complexity index is 378. The molecular formula is C15H25N3S. The van der Waals surface area contributed by atoms with E-state index < -0.39 is 0 Å². The summed E-state index contributed by atoms with van der Waals surface area (Å²) in [5.41, 5.74) is 0. The lowest BCUT2D eigenvalue weighted by molar-refractivity contribution is 0.0673. The van der Waals surface area contributed by atoms with Gasteiger partial charge in [-0.15, -0.1) is 11.3 Å². The fraction of sp³-hybridized carbons (Fsp3) is 0.800. The van der Waals surface area contributed by atoms with Crippen LogP contribution >= 0.6 is 11.3 Å². The molecule has 0 amide bonds. The predicted molar refractivity (Wildman–Crippen MR) is 80.5 cm³/mol. The van der Waals surface area contributed by atoms with Crippen molar-refractivity contribution < 1.29 is 0 Å². The summed E-state index contributed by atoms with van der Waals surface area (Å²) >= 11 is 1.82. The van der Waals surface area contributed by atoms with Gasteiger partial charge < -0.3 is 5.32 Å². The van der Waals surface area contributed by atoms with Gasteiger partial charge in [0, 0.05) is 29.7 Å². The summed E-state index contributed by atoms with van der Waals surface area (Å²) < 4.78 is 0. The summed E-state index contributed by atoms with van der Waals surface area (Å²) in [6, 6.07) is 2.85. The van der Waals surface area contributed by atoms with E-state index in [2.05, 4.69) is 34.4 Å². The lowest BCUT2D eigenvalue weighted by Gasteiger charge is -2.43. The van der Waals surface area contributed by atoms with E-state index in [-0.39, 0.29) is 0 Å². The van der Waals surface area contributed by atoms with Gasteiger partial charge in [0.05, 0.1) is 6.04 Å². The van der Waals surface area contributed by atoms with Gasteiger partial charge in [-0.1, -0.05) is 13.8 Å². The molecule has 3 atom stereocenters. The van der Waals surface area contributed by atoms with Crippen LogP contribution in [0.25, 0.3) is 0 Å². The Morgan fingerprint density at radius 2 is 2.11 bits per heavy atom.